The van der Waals surface area contributed by atoms with Crippen molar-refractivity contribution in [2.24, 2.45) is 0 Å². The van der Waals surface area contributed by atoms with Crippen LogP contribution in [0.4, 0.5) is 0 Å². The molecule has 0 radical (unpaired) electrons. The van der Waals surface area contributed by atoms with Gasteiger partial charge in [0.1, 0.15) is 0 Å². The summed E-state index contributed by atoms with van der Waals surface area (Å²) in [5, 5.41) is 2.22. The number of fused-ring (bicyclic) bond motifs is 2. The third-order valence-corrected chi connectivity index (χ3v) is 3.46. The molecule has 1 aliphatic rings. The molecule has 98 valence electrons. The average molecular weight is 264 g/mol. The van der Waals surface area contributed by atoms with Gasteiger partial charge in [-0.25, -0.2) is 0 Å². The van der Waals surface area contributed by atoms with Crippen LogP contribution in [-0.4, -0.2) is 16.8 Å². The highest BCUT2D eigenvalue weighted by Gasteiger charge is 2.15. The predicted octanol–water partition coefficient (Wildman–Crippen LogP) is 2.95. The van der Waals surface area contributed by atoms with Crippen LogP contribution in [0, 0.1) is 0 Å². The summed E-state index contributed by atoms with van der Waals surface area (Å²) >= 11 is 0. The van der Waals surface area contributed by atoms with E-state index >= 15 is 0 Å². The molecule has 4 nitrogen and oxygen atoms in total. The van der Waals surface area contributed by atoms with Gasteiger partial charge in [-0.3, -0.25) is 9.97 Å². The first-order valence-electron chi connectivity index (χ1n) is 6.46. The van der Waals surface area contributed by atoms with E-state index in [-0.39, 0.29) is 0 Å². The number of aromatic nitrogens is 2. The van der Waals surface area contributed by atoms with Crippen molar-refractivity contribution in [1.29, 1.82) is 0 Å². The first-order valence-corrected chi connectivity index (χ1v) is 6.46. The van der Waals surface area contributed by atoms with E-state index in [4.69, 9.17) is 9.47 Å². The third kappa shape index (κ3) is 1.86. The number of hydrogen-bond acceptors (Lipinski definition) is 4. The second-order valence-corrected chi connectivity index (χ2v) is 4.72. The molecular formula is C16H12N2O2. The van der Waals surface area contributed by atoms with Crippen molar-refractivity contribution in [1.82, 2.24) is 9.97 Å². The Morgan fingerprint density at radius 1 is 0.950 bits per heavy atom. The lowest BCUT2D eigenvalue weighted by Crippen LogP contribution is -1.94. The van der Waals surface area contributed by atoms with Crippen molar-refractivity contribution in [3.8, 4) is 11.5 Å². The highest BCUT2D eigenvalue weighted by atomic mass is 16.7. The number of hydrogen-bond donors (Lipinski definition) is 0. The molecule has 0 bridgehead atoms. The van der Waals surface area contributed by atoms with E-state index in [2.05, 4.69) is 9.97 Å². The molecule has 3 heterocycles. The van der Waals surface area contributed by atoms with Crippen molar-refractivity contribution < 1.29 is 9.47 Å². The predicted molar refractivity (Wildman–Crippen MR) is 74.9 cm³/mol. The molecule has 0 amide bonds. The first-order chi connectivity index (χ1) is 9.90. The number of benzene rings is 1. The number of ether oxygens (including phenoxy) is 2. The summed E-state index contributed by atoms with van der Waals surface area (Å²) in [7, 11) is 0. The molecule has 1 aromatic carbocycles. The molecule has 4 heteroatoms. The van der Waals surface area contributed by atoms with Gasteiger partial charge in [0.05, 0.1) is 5.69 Å². The summed E-state index contributed by atoms with van der Waals surface area (Å²) in [6.07, 6.45) is 6.21. The maximum Gasteiger partial charge on any atom is 0.231 e. The molecular weight excluding hydrogens is 252 g/mol. The second kappa shape index (κ2) is 4.49. The van der Waals surface area contributed by atoms with Crippen LogP contribution in [-0.2, 0) is 6.42 Å². The van der Waals surface area contributed by atoms with E-state index in [0.29, 0.717) is 6.79 Å². The van der Waals surface area contributed by atoms with Gasteiger partial charge in [-0.1, -0.05) is 0 Å². The number of pyridine rings is 2. The fraction of sp³-hybridized carbons (Fsp3) is 0.125. The summed E-state index contributed by atoms with van der Waals surface area (Å²) in [4.78, 5) is 8.55. The van der Waals surface area contributed by atoms with Crippen LogP contribution in [0.15, 0.2) is 48.9 Å². The normalized spacial score (nSPS) is 12.8. The molecule has 0 saturated heterocycles. The molecule has 20 heavy (non-hydrogen) atoms. The van der Waals surface area contributed by atoms with Gasteiger partial charge in [0.15, 0.2) is 11.5 Å². The second-order valence-electron chi connectivity index (χ2n) is 4.72. The Kier molecular flexibility index (Phi) is 2.52. The Hall–Kier alpha value is -2.62. The van der Waals surface area contributed by atoms with Crippen molar-refractivity contribution in [3.05, 3.63) is 60.2 Å². The SMILES string of the molecule is c1cc(Cc2nccc3cc4c(cc23)OCO4)ccn1. The van der Waals surface area contributed by atoms with E-state index in [1.165, 1.54) is 5.56 Å². The summed E-state index contributed by atoms with van der Waals surface area (Å²) in [5.41, 5.74) is 2.23. The van der Waals surface area contributed by atoms with Crippen LogP contribution in [0.5, 0.6) is 11.5 Å². The largest absolute Gasteiger partial charge is 0.454 e. The lowest BCUT2D eigenvalue weighted by Gasteiger charge is -2.07. The lowest BCUT2D eigenvalue weighted by atomic mass is 10.0. The minimum atomic E-state index is 0.290. The van der Waals surface area contributed by atoms with Gasteiger partial charge in [-0.2, -0.15) is 0 Å². The van der Waals surface area contributed by atoms with Crippen molar-refractivity contribution in [3.63, 3.8) is 0 Å². The number of nitrogens with zero attached hydrogens (tertiary/aromatic N) is 2. The van der Waals surface area contributed by atoms with Crippen LogP contribution in [0.1, 0.15) is 11.3 Å². The molecule has 0 N–H and O–H groups in total. The zero-order valence-electron chi connectivity index (χ0n) is 10.7. The van der Waals surface area contributed by atoms with Gasteiger partial charge >= 0.3 is 0 Å². The van der Waals surface area contributed by atoms with Gasteiger partial charge in [0.25, 0.3) is 0 Å². The molecule has 1 aliphatic heterocycles. The van der Waals surface area contributed by atoms with Gasteiger partial charge in [-0.15, -0.1) is 0 Å². The van der Waals surface area contributed by atoms with Crippen molar-refractivity contribution in [2.45, 2.75) is 6.42 Å². The number of rotatable bonds is 2. The molecule has 2 aromatic heterocycles. The molecule has 0 fully saturated rings. The van der Waals surface area contributed by atoms with Crippen LogP contribution in [0.3, 0.4) is 0 Å². The summed E-state index contributed by atoms with van der Waals surface area (Å²) in [6.45, 7) is 0.290. The van der Waals surface area contributed by atoms with E-state index in [1.54, 1.807) is 12.4 Å². The van der Waals surface area contributed by atoms with Gasteiger partial charge in [0.2, 0.25) is 6.79 Å². The van der Waals surface area contributed by atoms with Crippen LogP contribution >= 0.6 is 0 Å². The van der Waals surface area contributed by atoms with Crippen LogP contribution in [0.25, 0.3) is 10.8 Å². The zero-order valence-corrected chi connectivity index (χ0v) is 10.7. The zero-order chi connectivity index (χ0) is 13.4. The van der Waals surface area contributed by atoms with Crippen LogP contribution in [0.2, 0.25) is 0 Å². The fourth-order valence-electron chi connectivity index (χ4n) is 2.46. The van der Waals surface area contributed by atoms with Crippen molar-refractivity contribution in [2.75, 3.05) is 6.79 Å². The minimum Gasteiger partial charge on any atom is -0.454 e. The minimum absolute atomic E-state index is 0.290. The summed E-state index contributed by atoms with van der Waals surface area (Å²) < 4.78 is 10.9. The Balaban J connectivity index is 1.83. The highest BCUT2D eigenvalue weighted by Crippen LogP contribution is 2.36. The van der Waals surface area contributed by atoms with Gasteiger partial charge in [-0.05, 0) is 41.3 Å². The maximum absolute atomic E-state index is 5.45. The quantitative estimate of drug-likeness (QED) is 0.713. The standard InChI is InChI=1S/C16H12N2O2/c1-4-17-5-2-11(1)7-14-13-9-16-15(19-10-20-16)8-12(13)3-6-18-14/h1-6,8-9H,7,10H2. The van der Waals surface area contributed by atoms with Gasteiger partial charge in [0, 0.05) is 30.4 Å². The maximum atomic E-state index is 5.45. The molecule has 3 aromatic rings. The van der Waals surface area contributed by atoms with Crippen LogP contribution < -0.4 is 9.47 Å². The third-order valence-electron chi connectivity index (χ3n) is 3.46. The Morgan fingerprint density at radius 2 is 1.75 bits per heavy atom. The lowest BCUT2D eigenvalue weighted by molar-refractivity contribution is 0.174. The summed E-state index contributed by atoms with van der Waals surface area (Å²) in [5.74, 6) is 1.60. The highest BCUT2D eigenvalue weighted by molar-refractivity contribution is 5.88. The molecule has 0 saturated carbocycles. The van der Waals surface area contributed by atoms with E-state index < -0.39 is 0 Å². The van der Waals surface area contributed by atoms with E-state index in [9.17, 15) is 0 Å². The van der Waals surface area contributed by atoms with Gasteiger partial charge < -0.3 is 9.47 Å². The Morgan fingerprint density at radius 3 is 2.60 bits per heavy atom. The van der Waals surface area contributed by atoms with E-state index in [0.717, 1.165) is 34.4 Å². The Bertz CT molecular complexity index is 772. The smallest absolute Gasteiger partial charge is 0.231 e. The summed E-state index contributed by atoms with van der Waals surface area (Å²) in [6, 6.07) is 10.0. The molecule has 0 unspecified atom stereocenters. The molecule has 0 aliphatic carbocycles. The average Bonchev–Trinajstić information content (AvgIpc) is 2.94. The molecule has 0 spiro atoms. The molecule has 4 rings (SSSR count). The monoisotopic (exact) mass is 264 g/mol. The van der Waals surface area contributed by atoms with Crippen molar-refractivity contribution >= 4 is 10.8 Å². The molecule has 0 atom stereocenters. The first kappa shape index (κ1) is 11.2. The Labute approximate surface area is 116 Å². The van der Waals surface area contributed by atoms with E-state index in [1.807, 2.05) is 36.5 Å². The fourth-order valence-corrected chi connectivity index (χ4v) is 2.46. The topological polar surface area (TPSA) is 44.2 Å².